The lowest BCUT2D eigenvalue weighted by molar-refractivity contribution is -0.107. The van der Waals surface area contributed by atoms with Crippen LogP contribution in [0, 0.1) is 0 Å². The van der Waals surface area contributed by atoms with Gasteiger partial charge in [-0.05, 0) is 24.0 Å². The predicted octanol–water partition coefficient (Wildman–Crippen LogP) is 2.38. The van der Waals surface area contributed by atoms with Crippen molar-refractivity contribution in [3.05, 3.63) is 35.4 Å². The van der Waals surface area contributed by atoms with E-state index in [-0.39, 0.29) is 0 Å². The summed E-state index contributed by atoms with van der Waals surface area (Å²) >= 11 is 0. The molecule has 0 unspecified atom stereocenters. The normalized spacial score (nSPS) is 9.75. The summed E-state index contributed by atoms with van der Waals surface area (Å²) in [4.78, 5) is 10.1. The Kier molecular flexibility index (Phi) is 3.52. The summed E-state index contributed by atoms with van der Waals surface area (Å²) in [5.41, 5.74) is 2.61. The maximum atomic E-state index is 10.1. The quantitative estimate of drug-likeness (QED) is 0.621. The van der Waals surface area contributed by atoms with Crippen LogP contribution < -0.4 is 0 Å². The van der Waals surface area contributed by atoms with Crippen molar-refractivity contribution >= 4 is 6.29 Å². The second-order valence-electron chi connectivity index (χ2n) is 2.88. The molecule has 64 valence electrons. The van der Waals surface area contributed by atoms with Crippen molar-refractivity contribution in [1.82, 2.24) is 0 Å². The first-order chi connectivity index (χ1) is 5.86. The van der Waals surface area contributed by atoms with E-state index in [1.165, 1.54) is 11.1 Å². The van der Waals surface area contributed by atoms with Crippen LogP contribution in [-0.2, 0) is 17.6 Å². The maximum absolute atomic E-state index is 10.1. The minimum atomic E-state index is 0.632. The van der Waals surface area contributed by atoms with E-state index >= 15 is 0 Å². The van der Waals surface area contributed by atoms with Crippen LogP contribution in [0.1, 0.15) is 24.5 Å². The van der Waals surface area contributed by atoms with Gasteiger partial charge in [0.25, 0.3) is 0 Å². The molecule has 0 atom stereocenters. The zero-order chi connectivity index (χ0) is 8.81. The Bertz CT molecular complexity index is 253. The van der Waals surface area contributed by atoms with Crippen molar-refractivity contribution in [3.8, 4) is 0 Å². The summed E-state index contributed by atoms with van der Waals surface area (Å²) in [6.07, 6.45) is 3.54. The molecule has 0 aliphatic rings. The first kappa shape index (κ1) is 8.98. The number of benzene rings is 1. The number of carbonyl (C=O) groups is 1. The van der Waals surface area contributed by atoms with Crippen LogP contribution >= 0.6 is 0 Å². The molecule has 1 heteroatoms. The highest BCUT2D eigenvalue weighted by molar-refractivity contribution is 5.50. The standard InChI is InChI=1S/C11H14O/c1-2-10-5-3-6-11(9-10)7-4-8-12/h3,5-6,8-9H,2,4,7H2,1H3. The van der Waals surface area contributed by atoms with Crippen LogP contribution in [0.15, 0.2) is 24.3 Å². The summed E-state index contributed by atoms with van der Waals surface area (Å²) in [7, 11) is 0. The number of aldehydes is 1. The first-order valence-electron chi connectivity index (χ1n) is 4.38. The summed E-state index contributed by atoms with van der Waals surface area (Å²) in [5, 5.41) is 0. The molecule has 1 aromatic carbocycles. The molecule has 0 saturated heterocycles. The average molecular weight is 162 g/mol. The molecule has 1 aromatic rings. The van der Waals surface area contributed by atoms with E-state index in [0.717, 1.165) is 19.1 Å². The third kappa shape index (κ3) is 2.50. The third-order valence-electron chi connectivity index (χ3n) is 1.95. The zero-order valence-electron chi connectivity index (χ0n) is 7.42. The SMILES string of the molecule is CCc1cccc(CCC=O)c1. The number of rotatable bonds is 4. The Hall–Kier alpha value is -1.11. The highest BCUT2D eigenvalue weighted by atomic mass is 16.1. The molecule has 0 fully saturated rings. The fraction of sp³-hybridized carbons (Fsp3) is 0.364. The van der Waals surface area contributed by atoms with Gasteiger partial charge >= 0.3 is 0 Å². The number of carbonyl (C=O) groups excluding carboxylic acids is 1. The highest BCUT2D eigenvalue weighted by Gasteiger charge is 1.93. The van der Waals surface area contributed by atoms with Crippen molar-refractivity contribution in [2.45, 2.75) is 26.2 Å². The third-order valence-corrected chi connectivity index (χ3v) is 1.95. The smallest absolute Gasteiger partial charge is 0.120 e. The Morgan fingerprint density at radius 1 is 1.33 bits per heavy atom. The minimum absolute atomic E-state index is 0.632. The van der Waals surface area contributed by atoms with Gasteiger partial charge in [-0.15, -0.1) is 0 Å². The predicted molar refractivity (Wildman–Crippen MR) is 50.2 cm³/mol. The van der Waals surface area contributed by atoms with E-state index < -0.39 is 0 Å². The van der Waals surface area contributed by atoms with Crippen molar-refractivity contribution in [3.63, 3.8) is 0 Å². The lowest BCUT2D eigenvalue weighted by atomic mass is 10.1. The fourth-order valence-electron chi connectivity index (χ4n) is 1.23. The molecule has 12 heavy (non-hydrogen) atoms. The zero-order valence-corrected chi connectivity index (χ0v) is 7.42. The van der Waals surface area contributed by atoms with Gasteiger partial charge in [0.2, 0.25) is 0 Å². The Morgan fingerprint density at radius 3 is 2.75 bits per heavy atom. The highest BCUT2D eigenvalue weighted by Crippen LogP contribution is 2.07. The Morgan fingerprint density at radius 2 is 2.08 bits per heavy atom. The molecule has 0 N–H and O–H groups in total. The molecule has 0 amide bonds. The van der Waals surface area contributed by atoms with Crippen molar-refractivity contribution in [1.29, 1.82) is 0 Å². The molecular formula is C11H14O. The first-order valence-corrected chi connectivity index (χ1v) is 4.38. The molecular weight excluding hydrogens is 148 g/mol. The van der Waals surface area contributed by atoms with Crippen LogP contribution in [0.2, 0.25) is 0 Å². The van der Waals surface area contributed by atoms with Crippen LogP contribution in [-0.4, -0.2) is 6.29 Å². The fourth-order valence-corrected chi connectivity index (χ4v) is 1.23. The minimum Gasteiger partial charge on any atom is -0.303 e. The van der Waals surface area contributed by atoms with Gasteiger partial charge in [0.1, 0.15) is 6.29 Å². The van der Waals surface area contributed by atoms with Gasteiger partial charge < -0.3 is 4.79 Å². The second-order valence-corrected chi connectivity index (χ2v) is 2.88. The topological polar surface area (TPSA) is 17.1 Å². The van der Waals surface area contributed by atoms with Gasteiger partial charge in [-0.3, -0.25) is 0 Å². The van der Waals surface area contributed by atoms with Gasteiger partial charge in [0.05, 0.1) is 0 Å². The molecule has 0 aliphatic carbocycles. The molecule has 0 aliphatic heterocycles. The van der Waals surface area contributed by atoms with Gasteiger partial charge in [0.15, 0.2) is 0 Å². The van der Waals surface area contributed by atoms with Crippen molar-refractivity contribution < 1.29 is 4.79 Å². The van der Waals surface area contributed by atoms with Gasteiger partial charge in [0, 0.05) is 6.42 Å². The Balaban J connectivity index is 2.65. The van der Waals surface area contributed by atoms with Crippen LogP contribution in [0.5, 0.6) is 0 Å². The second kappa shape index (κ2) is 4.70. The van der Waals surface area contributed by atoms with E-state index in [1.807, 2.05) is 0 Å². The van der Waals surface area contributed by atoms with Gasteiger partial charge in [-0.25, -0.2) is 0 Å². The Labute approximate surface area is 73.4 Å². The van der Waals surface area contributed by atoms with E-state index in [9.17, 15) is 4.79 Å². The molecule has 1 rings (SSSR count). The molecule has 0 radical (unpaired) electrons. The monoisotopic (exact) mass is 162 g/mol. The van der Waals surface area contributed by atoms with Crippen LogP contribution in [0.4, 0.5) is 0 Å². The number of hydrogen-bond acceptors (Lipinski definition) is 1. The van der Waals surface area contributed by atoms with Gasteiger partial charge in [-0.1, -0.05) is 31.2 Å². The molecule has 0 spiro atoms. The van der Waals surface area contributed by atoms with E-state index in [1.54, 1.807) is 0 Å². The average Bonchev–Trinajstić information content (AvgIpc) is 2.15. The van der Waals surface area contributed by atoms with Crippen molar-refractivity contribution in [2.75, 3.05) is 0 Å². The molecule has 0 saturated carbocycles. The lowest BCUT2D eigenvalue weighted by Gasteiger charge is -2.00. The van der Waals surface area contributed by atoms with Crippen LogP contribution in [0.25, 0.3) is 0 Å². The summed E-state index contributed by atoms with van der Waals surface area (Å²) in [5.74, 6) is 0. The number of aryl methyl sites for hydroxylation is 2. The summed E-state index contributed by atoms with van der Waals surface area (Å²) in [6.45, 7) is 2.14. The molecule has 1 nitrogen and oxygen atoms in total. The van der Waals surface area contributed by atoms with Crippen LogP contribution in [0.3, 0.4) is 0 Å². The van der Waals surface area contributed by atoms with E-state index in [2.05, 4.69) is 31.2 Å². The van der Waals surface area contributed by atoms with E-state index in [4.69, 9.17) is 0 Å². The lowest BCUT2D eigenvalue weighted by Crippen LogP contribution is -1.88. The maximum Gasteiger partial charge on any atom is 0.120 e. The van der Waals surface area contributed by atoms with E-state index in [0.29, 0.717) is 6.42 Å². The number of hydrogen-bond donors (Lipinski definition) is 0. The molecule has 0 heterocycles. The summed E-state index contributed by atoms with van der Waals surface area (Å²) in [6, 6.07) is 8.41. The molecule has 0 bridgehead atoms. The largest absolute Gasteiger partial charge is 0.303 e. The molecule has 0 aromatic heterocycles. The summed E-state index contributed by atoms with van der Waals surface area (Å²) < 4.78 is 0. The van der Waals surface area contributed by atoms with Crippen molar-refractivity contribution in [2.24, 2.45) is 0 Å². The van der Waals surface area contributed by atoms with Gasteiger partial charge in [-0.2, -0.15) is 0 Å².